The van der Waals surface area contributed by atoms with Crippen molar-refractivity contribution in [2.24, 2.45) is 0 Å². The van der Waals surface area contributed by atoms with Crippen LogP contribution in [0.25, 0.3) is 11.1 Å². The first-order valence-corrected chi connectivity index (χ1v) is 15.4. The summed E-state index contributed by atoms with van der Waals surface area (Å²) in [6.45, 7) is 5.07. The third kappa shape index (κ3) is 8.02. The molecule has 1 saturated heterocycles. The minimum atomic E-state index is -2.63. The minimum absolute atomic E-state index is 0.0913. The van der Waals surface area contributed by atoms with Gasteiger partial charge in [-0.25, -0.2) is 23.4 Å². The topological polar surface area (TPSA) is 130 Å². The summed E-state index contributed by atoms with van der Waals surface area (Å²) in [7, 11) is 0. The molecule has 1 aliphatic heterocycles. The molecule has 1 atom stereocenters. The first-order valence-electron chi connectivity index (χ1n) is 15.0. The van der Waals surface area contributed by atoms with Crippen LogP contribution < -0.4 is 14.8 Å². The summed E-state index contributed by atoms with van der Waals surface area (Å²) in [4.78, 5) is 11.4. The molecule has 16 heteroatoms. The van der Waals surface area contributed by atoms with Crippen molar-refractivity contribution in [3.63, 3.8) is 0 Å². The van der Waals surface area contributed by atoms with Crippen LogP contribution >= 0.6 is 11.6 Å². The van der Waals surface area contributed by atoms with Crippen molar-refractivity contribution >= 4 is 23.2 Å². The van der Waals surface area contributed by atoms with Crippen molar-refractivity contribution in [1.82, 2.24) is 44.9 Å². The van der Waals surface area contributed by atoms with Crippen molar-refractivity contribution in [2.45, 2.75) is 63.8 Å². The maximum absolute atomic E-state index is 13.0. The number of nitrogens with one attached hydrogen (secondary N) is 1. The van der Waals surface area contributed by atoms with Crippen LogP contribution in [0.4, 0.5) is 20.4 Å². The number of rotatable bonds is 12. The number of morpholine rings is 1. The number of alkyl halides is 2. The summed E-state index contributed by atoms with van der Waals surface area (Å²) in [5.41, 5.74) is 1.96. The minimum Gasteiger partial charge on any atom is -0.487 e. The first kappa shape index (κ1) is 31.0. The zero-order valence-corrected chi connectivity index (χ0v) is 25.6. The third-order valence-electron chi connectivity index (χ3n) is 7.97. The fourth-order valence-corrected chi connectivity index (χ4v) is 5.91. The molecule has 13 nitrogen and oxygen atoms in total. The molecule has 1 aliphatic carbocycles. The second-order valence-corrected chi connectivity index (χ2v) is 11.6. The molecule has 4 aromatic rings. The summed E-state index contributed by atoms with van der Waals surface area (Å²) in [6, 6.07) is 6.09. The average molecular weight is 645 g/mol. The molecule has 6 rings (SSSR count). The monoisotopic (exact) mass is 644 g/mol. The van der Waals surface area contributed by atoms with Gasteiger partial charge in [0.05, 0.1) is 37.0 Å². The number of halogens is 3. The van der Waals surface area contributed by atoms with Crippen LogP contribution in [0.5, 0.6) is 11.6 Å². The maximum atomic E-state index is 13.0. The van der Waals surface area contributed by atoms with Gasteiger partial charge in [-0.3, -0.25) is 9.58 Å². The molecule has 3 aromatic heterocycles. The zero-order valence-electron chi connectivity index (χ0n) is 24.8. The lowest BCUT2D eigenvalue weighted by molar-refractivity contribution is 0.00500. The first-order chi connectivity index (χ1) is 21.9. The van der Waals surface area contributed by atoms with Crippen LogP contribution in [-0.4, -0.2) is 96.3 Å². The summed E-state index contributed by atoms with van der Waals surface area (Å²) >= 11 is 6.40. The van der Waals surface area contributed by atoms with Crippen molar-refractivity contribution in [3.8, 4) is 22.8 Å². The number of aromatic nitrogens is 8. The highest BCUT2D eigenvalue weighted by molar-refractivity contribution is 6.32. The molecule has 240 valence electrons. The van der Waals surface area contributed by atoms with Crippen LogP contribution in [0.1, 0.15) is 38.6 Å². The van der Waals surface area contributed by atoms with Crippen molar-refractivity contribution in [2.75, 3.05) is 38.2 Å². The summed E-state index contributed by atoms with van der Waals surface area (Å²) in [5.74, 6) is 0.870. The Balaban J connectivity index is 1.12. The van der Waals surface area contributed by atoms with E-state index in [0.29, 0.717) is 29.0 Å². The summed E-state index contributed by atoms with van der Waals surface area (Å²) < 4.78 is 46.4. The van der Waals surface area contributed by atoms with E-state index in [0.717, 1.165) is 63.1 Å². The van der Waals surface area contributed by atoms with Gasteiger partial charge in [0.2, 0.25) is 5.95 Å². The Labute approximate surface area is 263 Å². The number of nitrogens with zero attached hydrogens (tertiary/aromatic N) is 9. The van der Waals surface area contributed by atoms with Gasteiger partial charge in [0.15, 0.2) is 6.61 Å². The highest BCUT2D eigenvalue weighted by Gasteiger charge is 2.29. The highest BCUT2D eigenvalue weighted by atomic mass is 35.5. The molecule has 1 N–H and O–H groups in total. The van der Waals surface area contributed by atoms with E-state index in [4.69, 9.17) is 25.8 Å². The Kier molecular flexibility index (Phi) is 9.96. The van der Waals surface area contributed by atoms with Gasteiger partial charge in [-0.15, -0.1) is 10.2 Å². The number of hydrogen-bond acceptors (Lipinski definition) is 11. The van der Waals surface area contributed by atoms with Crippen LogP contribution in [0.3, 0.4) is 0 Å². The number of ether oxygens (including phenoxy) is 3. The van der Waals surface area contributed by atoms with Gasteiger partial charge in [-0.05, 0) is 60.7 Å². The van der Waals surface area contributed by atoms with E-state index >= 15 is 0 Å². The fraction of sp³-hybridized carbons (Fsp3) is 0.517. The van der Waals surface area contributed by atoms with Gasteiger partial charge >= 0.3 is 0 Å². The molecule has 4 heterocycles. The van der Waals surface area contributed by atoms with Gasteiger partial charge in [-0.2, -0.15) is 0 Å². The molecule has 0 spiro atoms. The number of benzene rings is 1. The summed E-state index contributed by atoms with van der Waals surface area (Å²) in [6.07, 6.45) is 7.70. The highest BCUT2D eigenvalue weighted by Crippen LogP contribution is 2.35. The predicted octanol–water partition coefficient (Wildman–Crippen LogP) is 4.65. The molecule has 2 aliphatic rings. The largest absolute Gasteiger partial charge is 0.487 e. The zero-order chi connectivity index (χ0) is 31.2. The lowest BCUT2D eigenvalue weighted by atomic mass is 9.90. The van der Waals surface area contributed by atoms with Gasteiger partial charge in [0.1, 0.15) is 23.9 Å². The molecule has 0 radical (unpaired) electrons. The molecular formula is C29H35ClF2N10O3. The molecule has 2 fully saturated rings. The van der Waals surface area contributed by atoms with Crippen molar-refractivity contribution in [1.29, 1.82) is 0 Å². The molecule has 0 bridgehead atoms. The smallest absolute Gasteiger partial charge is 0.272 e. The molecule has 1 aromatic carbocycles. The molecule has 1 saturated carbocycles. The van der Waals surface area contributed by atoms with Crippen LogP contribution in [-0.2, 0) is 11.3 Å². The molecule has 45 heavy (non-hydrogen) atoms. The average Bonchev–Trinajstić information content (AvgIpc) is 3.72. The molecule has 0 amide bonds. The maximum Gasteiger partial charge on any atom is 0.272 e. The normalized spacial score (nSPS) is 19.8. The Morgan fingerprint density at radius 2 is 1.82 bits per heavy atom. The van der Waals surface area contributed by atoms with E-state index in [-0.39, 0.29) is 24.0 Å². The van der Waals surface area contributed by atoms with Gasteiger partial charge < -0.3 is 19.5 Å². The summed E-state index contributed by atoms with van der Waals surface area (Å²) in [5, 5.41) is 19.2. The quantitative estimate of drug-likeness (QED) is 0.231. The predicted molar refractivity (Wildman–Crippen MR) is 161 cm³/mol. The Bertz CT molecular complexity index is 1510. The second kappa shape index (κ2) is 14.4. The van der Waals surface area contributed by atoms with Crippen LogP contribution in [0.2, 0.25) is 5.02 Å². The standard InChI is InChI=1S/C29H35ClF2N10O3/c1-19(15-41-18-35-38-39-41)45-26-12-20(2-7-24(26)30)21-13-33-29(34-14-21)36-25-16-42(37-28(25)44-17-27(31)32)23-5-3-22(4-6-23)40-8-10-43-11-9-40/h2,7,12-14,16,18-19,22-23,27H,3-6,8-11,15,17H2,1H3,(H,33,34,36). The lowest BCUT2D eigenvalue weighted by Crippen LogP contribution is -2.45. The van der Waals surface area contributed by atoms with Crippen molar-refractivity contribution < 1.29 is 23.0 Å². The van der Waals surface area contributed by atoms with Crippen LogP contribution in [0.15, 0.2) is 43.1 Å². The second-order valence-electron chi connectivity index (χ2n) is 11.2. The Morgan fingerprint density at radius 3 is 2.53 bits per heavy atom. The number of hydrogen-bond donors (Lipinski definition) is 1. The van der Waals surface area contributed by atoms with E-state index in [1.54, 1.807) is 29.3 Å². The van der Waals surface area contributed by atoms with E-state index in [1.807, 2.05) is 23.7 Å². The van der Waals surface area contributed by atoms with Gasteiger partial charge in [0.25, 0.3) is 12.3 Å². The van der Waals surface area contributed by atoms with Crippen molar-refractivity contribution in [3.05, 3.63) is 48.1 Å². The Morgan fingerprint density at radius 1 is 1.07 bits per heavy atom. The van der Waals surface area contributed by atoms with E-state index < -0.39 is 13.0 Å². The van der Waals surface area contributed by atoms with Crippen LogP contribution in [0, 0.1) is 0 Å². The lowest BCUT2D eigenvalue weighted by Gasteiger charge is -2.38. The Hall–Kier alpha value is -3.95. The SMILES string of the molecule is CC(Cn1cnnn1)Oc1cc(-c2cnc(Nc3cn(C4CCC(N5CCOCC5)CC4)nc3OCC(F)F)nc2)ccc1Cl. The van der Waals surface area contributed by atoms with Gasteiger partial charge in [0, 0.05) is 37.1 Å². The van der Waals surface area contributed by atoms with E-state index in [2.05, 4.69) is 40.8 Å². The van der Waals surface area contributed by atoms with E-state index in [1.165, 1.54) is 6.33 Å². The fourth-order valence-electron chi connectivity index (χ4n) is 5.74. The van der Waals surface area contributed by atoms with Gasteiger partial charge in [-0.1, -0.05) is 17.7 Å². The molecular weight excluding hydrogens is 610 g/mol. The third-order valence-corrected chi connectivity index (χ3v) is 8.29. The molecule has 1 unspecified atom stereocenters. The van der Waals surface area contributed by atoms with E-state index in [9.17, 15) is 8.78 Å². The number of tetrazole rings is 1. The number of anilines is 2.